The first-order valence-electron chi connectivity index (χ1n) is 4.72. The number of benzene rings is 1. The third-order valence-corrected chi connectivity index (χ3v) is 2.56. The third kappa shape index (κ3) is 2.58. The summed E-state index contributed by atoms with van der Waals surface area (Å²) in [6.45, 7) is 0. The molecule has 1 N–H and O–H groups in total. The fourth-order valence-corrected chi connectivity index (χ4v) is 1.70. The summed E-state index contributed by atoms with van der Waals surface area (Å²) < 4.78 is -0.674. The van der Waals surface area contributed by atoms with Crippen molar-refractivity contribution in [2.75, 3.05) is 0 Å². The van der Waals surface area contributed by atoms with Gasteiger partial charge in [0.05, 0.1) is 5.69 Å². The van der Waals surface area contributed by atoms with E-state index in [0.717, 1.165) is 0 Å². The standard InChI is InChI=1S/C10H6Cl3N3O2/c11-10(12,13)9-14-7(8(17)18)15-16(9)6-4-2-1-3-5-6/h1-5H,(H,17,18). The van der Waals surface area contributed by atoms with E-state index in [1.807, 2.05) is 0 Å². The SMILES string of the molecule is O=C(O)c1nc(C(Cl)(Cl)Cl)n(-c2ccccc2)n1. The lowest BCUT2D eigenvalue weighted by molar-refractivity contribution is 0.0683. The lowest BCUT2D eigenvalue weighted by Crippen LogP contribution is -2.11. The average molecular weight is 307 g/mol. The molecule has 2 aromatic rings. The number of alkyl halides is 3. The maximum Gasteiger partial charge on any atom is 0.375 e. The van der Waals surface area contributed by atoms with E-state index in [4.69, 9.17) is 39.9 Å². The Balaban J connectivity index is 2.62. The van der Waals surface area contributed by atoms with Gasteiger partial charge in [0, 0.05) is 0 Å². The van der Waals surface area contributed by atoms with Gasteiger partial charge in [0.2, 0.25) is 3.79 Å². The van der Waals surface area contributed by atoms with Crippen molar-refractivity contribution in [2.45, 2.75) is 3.79 Å². The molecule has 8 heteroatoms. The molecule has 94 valence electrons. The van der Waals surface area contributed by atoms with Gasteiger partial charge in [-0.1, -0.05) is 53.0 Å². The minimum Gasteiger partial charge on any atom is -0.475 e. The summed E-state index contributed by atoms with van der Waals surface area (Å²) in [7, 11) is 0. The largest absolute Gasteiger partial charge is 0.475 e. The van der Waals surface area contributed by atoms with Gasteiger partial charge < -0.3 is 5.11 Å². The van der Waals surface area contributed by atoms with Gasteiger partial charge in [0.15, 0.2) is 5.82 Å². The van der Waals surface area contributed by atoms with Crippen LogP contribution in [-0.4, -0.2) is 25.8 Å². The van der Waals surface area contributed by atoms with Crippen molar-refractivity contribution in [1.82, 2.24) is 14.8 Å². The maximum atomic E-state index is 10.9. The minimum absolute atomic E-state index is 0.0731. The Morgan fingerprint density at radius 2 is 1.83 bits per heavy atom. The van der Waals surface area contributed by atoms with Crippen molar-refractivity contribution >= 4 is 40.8 Å². The summed E-state index contributed by atoms with van der Waals surface area (Å²) in [4.78, 5) is 14.6. The molecule has 5 nitrogen and oxygen atoms in total. The second-order valence-corrected chi connectivity index (χ2v) is 5.59. The third-order valence-electron chi connectivity index (χ3n) is 2.05. The van der Waals surface area contributed by atoms with Gasteiger partial charge in [0.1, 0.15) is 0 Å². The van der Waals surface area contributed by atoms with Gasteiger partial charge >= 0.3 is 5.97 Å². The number of hydrogen-bond donors (Lipinski definition) is 1. The summed E-state index contributed by atoms with van der Waals surface area (Å²) in [5, 5.41) is 12.7. The first kappa shape index (κ1) is 13.1. The molecule has 0 amide bonds. The molecule has 0 aliphatic carbocycles. The van der Waals surface area contributed by atoms with Crippen LogP contribution in [0.4, 0.5) is 0 Å². The van der Waals surface area contributed by atoms with Crippen LogP contribution < -0.4 is 0 Å². The molecule has 0 aliphatic heterocycles. The molecule has 0 atom stereocenters. The molecular formula is C10H6Cl3N3O2. The predicted molar refractivity (Wildman–Crippen MR) is 67.6 cm³/mol. The van der Waals surface area contributed by atoms with Crippen molar-refractivity contribution in [1.29, 1.82) is 0 Å². The Kier molecular flexibility index (Phi) is 3.47. The van der Waals surface area contributed by atoms with Gasteiger partial charge in [-0.25, -0.2) is 14.5 Å². The van der Waals surface area contributed by atoms with E-state index in [1.165, 1.54) is 4.68 Å². The second kappa shape index (κ2) is 4.76. The van der Waals surface area contributed by atoms with Crippen molar-refractivity contribution in [2.24, 2.45) is 0 Å². The molecule has 0 spiro atoms. The quantitative estimate of drug-likeness (QED) is 0.866. The lowest BCUT2D eigenvalue weighted by atomic mass is 10.3. The Labute approximate surface area is 117 Å². The highest BCUT2D eigenvalue weighted by Crippen LogP contribution is 2.37. The van der Waals surface area contributed by atoms with Gasteiger partial charge in [-0.15, -0.1) is 5.10 Å². The molecule has 0 bridgehead atoms. The number of aromatic carboxylic acids is 1. The molecule has 1 aromatic heterocycles. The predicted octanol–water partition coefficient (Wildman–Crippen LogP) is 2.79. The molecule has 0 saturated carbocycles. The average Bonchev–Trinajstić information content (AvgIpc) is 2.74. The smallest absolute Gasteiger partial charge is 0.375 e. The summed E-state index contributed by atoms with van der Waals surface area (Å²) in [6, 6.07) is 8.69. The fourth-order valence-electron chi connectivity index (χ4n) is 1.34. The van der Waals surface area contributed by atoms with Gasteiger partial charge in [-0.3, -0.25) is 0 Å². The first-order valence-corrected chi connectivity index (χ1v) is 5.86. The Morgan fingerprint density at radius 3 is 2.33 bits per heavy atom. The molecular weight excluding hydrogens is 300 g/mol. The van der Waals surface area contributed by atoms with Crippen LogP contribution in [0.5, 0.6) is 0 Å². The Bertz CT molecular complexity index is 578. The minimum atomic E-state index is -1.86. The molecule has 1 heterocycles. The van der Waals surface area contributed by atoms with Crippen LogP contribution in [0.2, 0.25) is 0 Å². The van der Waals surface area contributed by atoms with E-state index in [2.05, 4.69) is 10.1 Å². The number of hydrogen-bond acceptors (Lipinski definition) is 3. The maximum absolute atomic E-state index is 10.9. The molecule has 0 unspecified atom stereocenters. The van der Waals surface area contributed by atoms with Crippen molar-refractivity contribution < 1.29 is 9.90 Å². The summed E-state index contributed by atoms with van der Waals surface area (Å²) >= 11 is 17.2. The Hall–Kier alpha value is -1.30. The van der Waals surface area contributed by atoms with Crippen molar-refractivity contribution in [3.8, 4) is 5.69 Å². The number of rotatable bonds is 2. The van der Waals surface area contributed by atoms with E-state index in [1.54, 1.807) is 30.3 Å². The normalized spacial score (nSPS) is 11.5. The highest BCUT2D eigenvalue weighted by Gasteiger charge is 2.32. The first-order chi connectivity index (χ1) is 8.39. The summed E-state index contributed by atoms with van der Waals surface area (Å²) in [5.41, 5.74) is 0.554. The number of carboxylic acid groups (broad SMARTS) is 1. The van der Waals surface area contributed by atoms with Crippen LogP contribution in [0.1, 0.15) is 16.4 Å². The van der Waals surface area contributed by atoms with Crippen LogP contribution in [0.15, 0.2) is 30.3 Å². The monoisotopic (exact) mass is 305 g/mol. The number of carbonyl (C=O) groups is 1. The van der Waals surface area contributed by atoms with E-state index >= 15 is 0 Å². The van der Waals surface area contributed by atoms with Gasteiger partial charge in [0.25, 0.3) is 5.82 Å². The summed E-state index contributed by atoms with van der Waals surface area (Å²) in [5.74, 6) is -1.79. The van der Waals surface area contributed by atoms with E-state index in [9.17, 15) is 4.79 Å². The van der Waals surface area contributed by atoms with Crippen LogP contribution in [0.25, 0.3) is 5.69 Å². The molecule has 2 rings (SSSR count). The van der Waals surface area contributed by atoms with Crippen molar-refractivity contribution in [3.05, 3.63) is 42.0 Å². The van der Waals surface area contributed by atoms with Crippen molar-refractivity contribution in [3.63, 3.8) is 0 Å². The highest BCUT2D eigenvalue weighted by molar-refractivity contribution is 6.66. The topological polar surface area (TPSA) is 68.0 Å². The number of halogens is 3. The number of nitrogens with zero attached hydrogens (tertiary/aromatic N) is 3. The molecule has 0 radical (unpaired) electrons. The fraction of sp³-hybridized carbons (Fsp3) is 0.100. The zero-order valence-corrected chi connectivity index (χ0v) is 11.0. The van der Waals surface area contributed by atoms with Gasteiger partial charge in [-0.05, 0) is 12.1 Å². The number of aromatic nitrogens is 3. The van der Waals surface area contributed by atoms with Crippen LogP contribution in [0.3, 0.4) is 0 Å². The van der Waals surface area contributed by atoms with Crippen LogP contribution in [0, 0.1) is 0 Å². The lowest BCUT2D eigenvalue weighted by Gasteiger charge is -2.11. The molecule has 0 saturated heterocycles. The molecule has 18 heavy (non-hydrogen) atoms. The van der Waals surface area contributed by atoms with Crippen LogP contribution >= 0.6 is 34.8 Å². The second-order valence-electron chi connectivity index (χ2n) is 3.31. The molecule has 1 aromatic carbocycles. The van der Waals surface area contributed by atoms with E-state index < -0.39 is 15.6 Å². The van der Waals surface area contributed by atoms with E-state index in [0.29, 0.717) is 5.69 Å². The molecule has 0 aliphatic rings. The number of carboxylic acids is 1. The van der Waals surface area contributed by atoms with Gasteiger partial charge in [-0.2, -0.15) is 0 Å². The zero-order chi connectivity index (χ0) is 13.3. The Morgan fingerprint density at radius 1 is 1.22 bits per heavy atom. The zero-order valence-electron chi connectivity index (χ0n) is 8.72. The highest BCUT2D eigenvalue weighted by atomic mass is 35.6. The summed E-state index contributed by atoms with van der Waals surface area (Å²) in [6.07, 6.45) is 0. The molecule has 0 fully saturated rings. The van der Waals surface area contributed by atoms with E-state index in [-0.39, 0.29) is 5.82 Å². The number of para-hydroxylation sites is 1. The van der Waals surface area contributed by atoms with Crippen LogP contribution in [-0.2, 0) is 3.79 Å².